The molecule has 0 spiro atoms. The largest absolute Gasteiger partial charge is 0.416 e. The number of fused-ring (bicyclic) bond motifs is 6. The molecule has 0 saturated heterocycles. The van der Waals surface area contributed by atoms with Crippen molar-refractivity contribution in [2.75, 3.05) is 0 Å². The first-order valence-corrected chi connectivity index (χ1v) is 11.6. The molecule has 0 fully saturated rings. The molecular weight excluding hydrogens is 458 g/mol. The van der Waals surface area contributed by atoms with Gasteiger partial charge in [-0.05, 0) is 24.3 Å². The highest BCUT2D eigenvalue weighted by Gasteiger charge is 2.22. The van der Waals surface area contributed by atoms with E-state index in [0.29, 0.717) is 16.7 Å². The molecule has 9 nitrogen and oxygen atoms in total. The maximum absolute atomic E-state index is 11.7. The van der Waals surface area contributed by atoms with Crippen molar-refractivity contribution in [2.24, 2.45) is 0 Å². The third kappa shape index (κ3) is 4.06. The number of H-pyrrole nitrogens is 2. The molecule has 0 saturated carbocycles. The van der Waals surface area contributed by atoms with Crippen LogP contribution in [0.25, 0.3) is 43.9 Å². The molecule has 2 N–H and O–H groups in total. The lowest BCUT2D eigenvalue weighted by Gasteiger charge is -2.19. The Kier molecular flexibility index (Phi) is 5.31. The zero-order chi connectivity index (χ0) is 25.8. The molecule has 0 aliphatic carbocycles. The summed E-state index contributed by atoms with van der Waals surface area (Å²) in [5.74, 6) is -0.911. The second-order valence-electron chi connectivity index (χ2n) is 10.8. The average Bonchev–Trinajstić information content (AvgIpc) is 3.47. The number of aromatic amines is 2. The summed E-state index contributed by atoms with van der Waals surface area (Å²) in [4.78, 5) is 41.4. The average molecular weight is 486 g/mol. The summed E-state index contributed by atoms with van der Waals surface area (Å²) < 4.78 is 10.6. The minimum Gasteiger partial charge on any atom is -0.407 e. The van der Waals surface area contributed by atoms with Gasteiger partial charge < -0.3 is 8.83 Å². The van der Waals surface area contributed by atoms with E-state index >= 15 is 0 Å². The molecule has 6 aromatic rings. The van der Waals surface area contributed by atoms with E-state index in [9.17, 15) is 9.59 Å². The van der Waals surface area contributed by atoms with Crippen molar-refractivity contribution >= 4 is 43.9 Å². The highest BCUT2D eigenvalue weighted by Crippen LogP contribution is 2.31. The van der Waals surface area contributed by atoms with Crippen LogP contribution in [0.5, 0.6) is 0 Å². The van der Waals surface area contributed by atoms with Crippen LogP contribution in [0.4, 0.5) is 0 Å². The fourth-order valence-corrected chi connectivity index (χ4v) is 4.34. The second-order valence-corrected chi connectivity index (χ2v) is 10.8. The van der Waals surface area contributed by atoms with Gasteiger partial charge in [0, 0.05) is 44.6 Å². The van der Waals surface area contributed by atoms with Gasteiger partial charge in [0.2, 0.25) is 0 Å². The number of hydrogen-bond acceptors (Lipinski definition) is 7. The topological polar surface area (TPSA) is 131 Å². The summed E-state index contributed by atoms with van der Waals surface area (Å²) in [6, 6.07) is 9.66. The molecule has 2 aromatic carbocycles. The van der Waals surface area contributed by atoms with Gasteiger partial charge in [0.05, 0.1) is 5.52 Å². The van der Waals surface area contributed by atoms with Crippen molar-refractivity contribution in [3.63, 3.8) is 0 Å². The standard InChI is InChI=1S/C14H14N2O2.C13H13N3O2/c1-14(2,3)12-9-5-4-8-6-7-15-10(8)11(9)18-13(17)16-12;1-13(2,3)11-7-4-5-8-9(15-6-14-8)10(7)18-12(17)16-11/h4-7H,1-3H3,(H,16,17);4-6H,1-3H3,(H,16,17). The maximum atomic E-state index is 11.7. The predicted octanol–water partition coefficient (Wildman–Crippen LogP) is 5.33. The lowest BCUT2D eigenvalue weighted by molar-refractivity contribution is 0.499. The van der Waals surface area contributed by atoms with Gasteiger partial charge in [-0.25, -0.2) is 19.6 Å². The number of nitrogens with zero attached hydrogens (tertiary/aromatic N) is 3. The van der Waals surface area contributed by atoms with Crippen LogP contribution in [-0.2, 0) is 10.8 Å². The van der Waals surface area contributed by atoms with Crippen LogP contribution in [-0.4, -0.2) is 24.9 Å². The van der Waals surface area contributed by atoms with Gasteiger partial charge in [0.25, 0.3) is 0 Å². The Morgan fingerprint density at radius 1 is 0.667 bits per heavy atom. The molecular formula is C27H27N5O4. The van der Waals surface area contributed by atoms with E-state index in [1.807, 2.05) is 51.1 Å². The van der Waals surface area contributed by atoms with E-state index in [1.165, 1.54) is 6.33 Å². The van der Waals surface area contributed by atoms with Crippen LogP contribution < -0.4 is 11.5 Å². The Hall–Kier alpha value is -4.27. The Balaban J connectivity index is 0.000000148. The van der Waals surface area contributed by atoms with Crippen LogP contribution in [0.1, 0.15) is 52.9 Å². The van der Waals surface area contributed by atoms with Gasteiger partial charge in [-0.2, -0.15) is 0 Å². The van der Waals surface area contributed by atoms with Crippen LogP contribution in [0.3, 0.4) is 0 Å². The molecule has 9 heteroatoms. The molecule has 0 atom stereocenters. The van der Waals surface area contributed by atoms with Gasteiger partial charge in [0.15, 0.2) is 11.2 Å². The normalized spacial score (nSPS) is 12.4. The number of nitrogens with one attached hydrogen (secondary N) is 2. The first-order valence-electron chi connectivity index (χ1n) is 11.6. The fourth-order valence-electron chi connectivity index (χ4n) is 4.34. The third-order valence-corrected chi connectivity index (χ3v) is 6.00. The molecule has 184 valence electrons. The summed E-state index contributed by atoms with van der Waals surface area (Å²) in [6.45, 7) is 12.3. The molecule has 0 radical (unpaired) electrons. The molecule has 6 rings (SSSR count). The summed E-state index contributed by atoms with van der Waals surface area (Å²) in [5, 5.41) is 2.76. The first-order chi connectivity index (χ1) is 16.9. The van der Waals surface area contributed by atoms with Gasteiger partial charge in [-0.3, -0.25) is 15.0 Å². The Labute approximate surface area is 205 Å². The monoisotopic (exact) mass is 485 g/mol. The number of benzene rings is 2. The smallest absolute Gasteiger partial charge is 0.407 e. The quantitative estimate of drug-likeness (QED) is 0.297. The van der Waals surface area contributed by atoms with Crippen LogP contribution in [0, 0.1) is 0 Å². The van der Waals surface area contributed by atoms with Gasteiger partial charge in [-0.15, -0.1) is 0 Å². The molecule has 0 amide bonds. The van der Waals surface area contributed by atoms with E-state index in [-0.39, 0.29) is 10.8 Å². The van der Waals surface area contributed by atoms with Crippen LogP contribution >= 0.6 is 0 Å². The van der Waals surface area contributed by atoms with Crippen LogP contribution in [0.15, 0.2) is 61.3 Å². The van der Waals surface area contributed by atoms with Crippen molar-refractivity contribution < 1.29 is 8.83 Å². The van der Waals surface area contributed by atoms with Gasteiger partial charge >= 0.3 is 11.5 Å². The van der Waals surface area contributed by atoms with Gasteiger partial charge in [-0.1, -0.05) is 47.6 Å². The van der Waals surface area contributed by atoms with Crippen molar-refractivity contribution in [1.82, 2.24) is 24.9 Å². The van der Waals surface area contributed by atoms with E-state index < -0.39 is 11.5 Å². The number of imidazole rings is 1. The van der Waals surface area contributed by atoms with E-state index in [0.717, 1.165) is 38.6 Å². The zero-order valence-electron chi connectivity index (χ0n) is 21.0. The summed E-state index contributed by atoms with van der Waals surface area (Å²) >= 11 is 0. The summed E-state index contributed by atoms with van der Waals surface area (Å²) in [7, 11) is 0. The lowest BCUT2D eigenvalue weighted by atomic mass is 9.89. The fraction of sp³-hybridized carbons (Fsp3) is 0.296. The van der Waals surface area contributed by atoms with E-state index in [4.69, 9.17) is 8.83 Å². The molecule has 0 aliphatic heterocycles. The molecule has 36 heavy (non-hydrogen) atoms. The van der Waals surface area contributed by atoms with E-state index in [1.54, 1.807) is 6.20 Å². The predicted molar refractivity (Wildman–Crippen MR) is 139 cm³/mol. The molecule has 0 aliphatic rings. The molecule has 4 heterocycles. The van der Waals surface area contributed by atoms with Gasteiger partial charge in [0.1, 0.15) is 17.4 Å². The highest BCUT2D eigenvalue weighted by atomic mass is 16.4. The molecule has 0 unspecified atom stereocenters. The van der Waals surface area contributed by atoms with Crippen molar-refractivity contribution in [3.8, 4) is 0 Å². The minimum absolute atomic E-state index is 0.158. The number of aromatic nitrogens is 5. The molecule has 4 aromatic heterocycles. The number of hydrogen-bond donors (Lipinski definition) is 2. The Morgan fingerprint density at radius 3 is 1.81 bits per heavy atom. The minimum atomic E-state index is -0.470. The second kappa shape index (κ2) is 8.15. The molecule has 0 bridgehead atoms. The van der Waals surface area contributed by atoms with E-state index in [2.05, 4.69) is 45.7 Å². The maximum Gasteiger partial charge on any atom is 0.416 e. The van der Waals surface area contributed by atoms with Crippen molar-refractivity contribution in [3.05, 3.63) is 75.3 Å². The lowest BCUT2D eigenvalue weighted by Crippen LogP contribution is -2.19. The third-order valence-electron chi connectivity index (χ3n) is 6.00. The first kappa shape index (κ1) is 23.5. The SMILES string of the molecule is CC(C)(C)c1[nH]c(=O)oc2c1ccc1ccnc12.CC(C)(C)c1[nH]c(=O)oc2c1ccc1ncnc12. The van der Waals surface area contributed by atoms with Crippen molar-refractivity contribution in [2.45, 2.75) is 52.4 Å². The number of rotatable bonds is 0. The summed E-state index contributed by atoms with van der Waals surface area (Å²) in [6.07, 6.45) is 3.19. The zero-order valence-corrected chi connectivity index (χ0v) is 21.0. The Morgan fingerprint density at radius 2 is 1.22 bits per heavy atom. The van der Waals surface area contributed by atoms with Crippen molar-refractivity contribution in [1.29, 1.82) is 0 Å². The highest BCUT2D eigenvalue weighted by molar-refractivity contribution is 6.03. The Bertz CT molecular complexity index is 1720. The summed E-state index contributed by atoms with van der Waals surface area (Å²) in [5.41, 5.74) is 4.54. The van der Waals surface area contributed by atoms with Crippen LogP contribution in [0.2, 0.25) is 0 Å².